The molecule has 0 fully saturated rings. The molecule has 26 heavy (non-hydrogen) atoms. The van der Waals surface area contributed by atoms with Crippen LogP contribution in [0.25, 0.3) is 0 Å². The van der Waals surface area contributed by atoms with Gasteiger partial charge in [-0.25, -0.2) is 12.4 Å². The van der Waals surface area contributed by atoms with Gasteiger partial charge in [-0.3, -0.25) is 0 Å². The third-order valence-electron chi connectivity index (χ3n) is 3.63. The quantitative estimate of drug-likeness (QED) is 0.558. The Hall–Kier alpha value is -2.02. The first-order valence-electron chi connectivity index (χ1n) is 9.82. The third kappa shape index (κ3) is 4.20. The molecule has 0 unspecified atom stereocenters. The summed E-state index contributed by atoms with van der Waals surface area (Å²) in [7, 11) is -2.89. The van der Waals surface area contributed by atoms with Gasteiger partial charge in [-0.05, 0) is 36.8 Å². The van der Waals surface area contributed by atoms with Gasteiger partial charge in [-0.2, -0.15) is 0 Å². The Balaban J connectivity index is 2.13. The van der Waals surface area contributed by atoms with Crippen LogP contribution in [0.5, 0.6) is 0 Å². The predicted octanol–water partition coefficient (Wildman–Crippen LogP) is 4.47. The summed E-state index contributed by atoms with van der Waals surface area (Å²) in [6.45, 7) is -0.543. The first-order chi connectivity index (χ1) is 14.0. The molecule has 0 saturated heterocycles. The van der Waals surface area contributed by atoms with E-state index in [4.69, 9.17) is 10.2 Å². The maximum absolute atomic E-state index is 13.1. The highest BCUT2D eigenvalue weighted by Crippen LogP contribution is 2.27. The Morgan fingerprint density at radius 1 is 1.04 bits per heavy atom. The Kier molecular flexibility index (Phi) is 4.40. The first-order valence-corrected chi connectivity index (χ1v) is 10.1. The average Bonchev–Trinajstić information content (AvgIpc) is 3.17. The highest BCUT2D eigenvalue weighted by molar-refractivity contribution is 7.98. The summed E-state index contributed by atoms with van der Waals surface area (Å²) in [4.78, 5) is 0.649. The third-order valence-corrected chi connectivity index (χ3v) is 6.10. The molecular formula is C20H21NO3S2. The molecular weight excluding hydrogens is 366 g/mol. The zero-order valence-electron chi connectivity index (χ0n) is 18.3. The summed E-state index contributed by atoms with van der Waals surface area (Å²) in [5, 5.41) is 0. The van der Waals surface area contributed by atoms with Crippen LogP contribution in [0.4, 0.5) is 0 Å². The standard InChI is InChI=1S/C20H21NO3S2/c1-16-8-10-20(11-9-16)26(22,23)21-12-17(14-24-2)18(13-21)15-25-19-6-4-3-5-7-19/h3-13H,14-15H2,1-2H3/i14D2,15D2. The molecule has 1 heterocycles. The predicted molar refractivity (Wildman–Crippen MR) is 105 cm³/mol. The monoisotopic (exact) mass is 391 g/mol. The molecule has 0 aliphatic carbocycles. The van der Waals surface area contributed by atoms with Crippen molar-refractivity contribution in [1.82, 2.24) is 3.97 Å². The smallest absolute Gasteiger partial charge is 0.267 e. The number of hydrogen-bond acceptors (Lipinski definition) is 4. The zero-order valence-corrected chi connectivity index (χ0v) is 16.0. The van der Waals surface area contributed by atoms with E-state index in [1.165, 1.54) is 12.1 Å². The van der Waals surface area contributed by atoms with Crippen molar-refractivity contribution < 1.29 is 18.6 Å². The summed E-state index contributed by atoms with van der Waals surface area (Å²) < 4.78 is 65.3. The molecule has 0 N–H and O–H groups in total. The molecule has 3 rings (SSSR count). The van der Waals surface area contributed by atoms with Crippen molar-refractivity contribution in [3.63, 3.8) is 0 Å². The van der Waals surface area contributed by atoms with Gasteiger partial charge in [0.05, 0.1) is 14.2 Å². The van der Waals surface area contributed by atoms with E-state index in [0.717, 1.165) is 40.8 Å². The molecule has 0 aliphatic rings. The average molecular weight is 392 g/mol. The molecule has 136 valence electrons. The van der Waals surface area contributed by atoms with E-state index in [-0.39, 0.29) is 16.0 Å². The number of rotatable bonds is 7. The minimum Gasteiger partial charge on any atom is -0.380 e. The Morgan fingerprint density at radius 2 is 1.69 bits per heavy atom. The second-order valence-electron chi connectivity index (χ2n) is 5.56. The van der Waals surface area contributed by atoms with Crippen LogP contribution in [0.3, 0.4) is 0 Å². The molecule has 0 aliphatic heterocycles. The fourth-order valence-electron chi connectivity index (χ4n) is 2.28. The molecule has 0 radical (unpaired) electrons. The van der Waals surface area contributed by atoms with Crippen LogP contribution < -0.4 is 0 Å². The van der Waals surface area contributed by atoms with E-state index in [1.54, 1.807) is 42.5 Å². The molecule has 0 amide bonds. The van der Waals surface area contributed by atoms with Gasteiger partial charge in [0.25, 0.3) is 10.0 Å². The Bertz CT molecular complexity index is 1130. The van der Waals surface area contributed by atoms with Gasteiger partial charge in [0.2, 0.25) is 0 Å². The highest BCUT2D eigenvalue weighted by Gasteiger charge is 2.19. The molecule has 0 spiro atoms. The van der Waals surface area contributed by atoms with Crippen molar-refractivity contribution in [1.29, 1.82) is 0 Å². The lowest BCUT2D eigenvalue weighted by atomic mass is 10.2. The summed E-state index contributed by atoms with van der Waals surface area (Å²) in [5.74, 6) is 0. The van der Waals surface area contributed by atoms with E-state index < -0.39 is 22.3 Å². The summed E-state index contributed by atoms with van der Waals surface area (Å²) in [5.41, 5.74) is -1.52. The maximum Gasteiger partial charge on any atom is 0.267 e. The molecule has 0 saturated carbocycles. The molecule has 0 bridgehead atoms. The summed E-state index contributed by atoms with van der Waals surface area (Å²) in [6.07, 6.45) is 2.20. The van der Waals surface area contributed by atoms with Crippen LogP contribution >= 0.6 is 11.8 Å². The van der Waals surface area contributed by atoms with Gasteiger partial charge < -0.3 is 4.74 Å². The number of methoxy groups -OCH3 is 1. The number of hydrogen-bond donors (Lipinski definition) is 0. The van der Waals surface area contributed by atoms with Crippen LogP contribution in [0.1, 0.15) is 22.2 Å². The minimum atomic E-state index is -4.04. The van der Waals surface area contributed by atoms with Crippen molar-refractivity contribution in [2.75, 3.05) is 7.11 Å². The highest BCUT2D eigenvalue weighted by atomic mass is 32.2. The lowest BCUT2D eigenvalue weighted by molar-refractivity contribution is 0.184. The number of benzene rings is 2. The van der Waals surface area contributed by atoms with E-state index in [1.807, 2.05) is 6.92 Å². The van der Waals surface area contributed by atoms with Crippen molar-refractivity contribution in [2.24, 2.45) is 0 Å². The van der Waals surface area contributed by atoms with Crippen LogP contribution in [0.15, 0.2) is 76.8 Å². The molecule has 4 nitrogen and oxygen atoms in total. The van der Waals surface area contributed by atoms with Crippen molar-refractivity contribution in [3.05, 3.63) is 83.7 Å². The second kappa shape index (κ2) is 8.12. The lowest BCUT2D eigenvalue weighted by Gasteiger charge is -2.06. The summed E-state index contributed by atoms with van der Waals surface area (Å²) in [6, 6.07) is 15.0. The fourth-order valence-corrected chi connectivity index (χ4v) is 4.17. The van der Waals surface area contributed by atoms with Gasteiger partial charge in [-0.15, -0.1) is 11.8 Å². The molecule has 1 aromatic heterocycles. The number of thioether (sulfide) groups is 1. The zero-order chi connectivity index (χ0) is 22.2. The van der Waals surface area contributed by atoms with Gasteiger partial charge in [0.15, 0.2) is 0 Å². The Morgan fingerprint density at radius 3 is 2.35 bits per heavy atom. The van der Waals surface area contributed by atoms with Crippen molar-refractivity contribution in [3.8, 4) is 0 Å². The topological polar surface area (TPSA) is 48.3 Å². The molecule has 3 aromatic rings. The lowest BCUT2D eigenvalue weighted by Crippen LogP contribution is -2.10. The van der Waals surface area contributed by atoms with Crippen LogP contribution in [-0.2, 0) is 27.0 Å². The Labute approximate surface area is 164 Å². The van der Waals surface area contributed by atoms with Gasteiger partial charge >= 0.3 is 0 Å². The number of nitrogens with zero attached hydrogens (tertiary/aromatic N) is 1. The van der Waals surface area contributed by atoms with Crippen LogP contribution in [-0.4, -0.2) is 19.5 Å². The first kappa shape index (κ1) is 14.1. The van der Waals surface area contributed by atoms with Crippen LogP contribution in [0, 0.1) is 6.92 Å². The number of aryl methyl sites for hydroxylation is 1. The van der Waals surface area contributed by atoms with Gasteiger partial charge in [0, 0.05) is 38.4 Å². The summed E-state index contributed by atoms with van der Waals surface area (Å²) >= 11 is 0.864. The number of ether oxygens (including phenoxy) is 1. The normalized spacial score (nSPS) is 15.0. The van der Waals surface area contributed by atoms with Crippen molar-refractivity contribution in [2.45, 2.75) is 29.0 Å². The number of aromatic nitrogens is 1. The second-order valence-corrected chi connectivity index (χ2v) is 8.28. The maximum atomic E-state index is 13.1. The molecule has 2 aromatic carbocycles. The fraction of sp³-hybridized carbons (Fsp3) is 0.200. The minimum absolute atomic E-state index is 0.0236. The molecule has 6 heteroatoms. The van der Waals surface area contributed by atoms with Crippen molar-refractivity contribution >= 4 is 21.8 Å². The van der Waals surface area contributed by atoms with E-state index in [9.17, 15) is 8.42 Å². The van der Waals surface area contributed by atoms with Crippen LogP contribution in [0.2, 0.25) is 0 Å². The van der Waals surface area contributed by atoms with E-state index >= 15 is 0 Å². The van der Waals surface area contributed by atoms with E-state index in [0.29, 0.717) is 4.90 Å². The van der Waals surface area contributed by atoms with Gasteiger partial charge in [-0.1, -0.05) is 35.9 Å². The van der Waals surface area contributed by atoms with Gasteiger partial charge in [0.1, 0.15) is 0 Å². The largest absolute Gasteiger partial charge is 0.380 e. The SMILES string of the molecule is [2H]C([2H])(OC)c1cn(S(=O)(=O)c2ccc(C)cc2)cc1C([2H])([2H])Sc1ccccc1. The molecule has 0 atom stereocenters. The van der Waals surface area contributed by atoms with E-state index in [2.05, 4.69) is 0 Å².